The summed E-state index contributed by atoms with van der Waals surface area (Å²) in [6, 6.07) is 15.2. The predicted octanol–water partition coefficient (Wildman–Crippen LogP) is 3.11. The van der Waals surface area contributed by atoms with Crippen molar-refractivity contribution in [3.63, 3.8) is 0 Å². The molecule has 4 rings (SSSR count). The molecule has 5 nitrogen and oxygen atoms in total. The zero-order valence-electron chi connectivity index (χ0n) is 14.3. The molecule has 1 aliphatic heterocycles. The highest BCUT2D eigenvalue weighted by atomic mass is 35.5. The molecule has 0 saturated heterocycles. The van der Waals surface area contributed by atoms with E-state index < -0.39 is 0 Å². The van der Waals surface area contributed by atoms with Crippen molar-refractivity contribution in [3.05, 3.63) is 59.7 Å². The van der Waals surface area contributed by atoms with E-state index in [0.717, 1.165) is 24.2 Å². The van der Waals surface area contributed by atoms with Crippen LogP contribution in [0.4, 0.5) is 11.4 Å². The van der Waals surface area contributed by atoms with Gasteiger partial charge in [-0.05, 0) is 54.7 Å². The van der Waals surface area contributed by atoms with Crippen LogP contribution in [0.1, 0.15) is 24.0 Å². The van der Waals surface area contributed by atoms with Gasteiger partial charge in [0.1, 0.15) is 0 Å². The number of amides is 2. The van der Waals surface area contributed by atoms with Crippen molar-refractivity contribution in [2.75, 3.05) is 10.6 Å². The highest BCUT2D eigenvalue weighted by Gasteiger charge is 2.29. The minimum atomic E-state index is -0.232. The third-order valence-electron chi connectivity index (χ3n) is 4.77. The number of anilines is 2. The lowest BCUT2D eigenvalue weighted by Crippen LogP contribution is -2.44. The fourth-order valence-corrected chi connectivity index (χ4v) is 3.10. The minimum Gasteiger partial charge on any atom is -0.326 e. The molecule has 2 aromatic rings. The highest BCUT2D eigenvalue weighted by Crippen LogP contribution is 2.30. The molecule has 2 amide bonds. The summed E-state index contributed by atoms with van der Waals surface area (Å²) < 4.78 is 0. The lowest BCUT2D eigenvalue weighted by molar-refractivity contribution is -0.118. The molecule has 1 aliphatic carbocycles. The Bertz CT molecular complexity index is 803. The summed E-state index contributed by atoms with van der Waals surface area (Å²) in [6.07, 6.45) is 2.66. The second kappa shape index (κ2) is 7.89. The van der Waals surface area contributed by atoms with Gasteiger partial charge in [0, 0.05) is 23.8 Å². The van der Waals surface area contributed by atoms with Crippen LogP contribution in [-0.4, -0.2) is 17.9 Å². The van der Waals surface area contributed by atoms with E-state index in [1.807, 2.05) is 36.4 Å². The zero-order chi connectivity index (χ0) is 17.2. The summed E-state index contributed by atoms with van der Waals surface area (Å²) >= 11 is 0. The van der Waals surface area contributed by atoms with Gasteiger partial charge in [0.25, 0.3) is 0 Å². The number of benzene rings is 2. The fraction of sp³-hybridized carbons (Fsp3) is 0.300. The van der Waals surface area contributed by atoms with Crippen LogP contribution in [0.25, 0.3) is 0 Å². The Hall–Kier alpha value is -2.37. The Balaban J connectivity index is 0.00000196. The Morgan fingerprint density at radius 2 is 1.42 bits per heavy atom. The first-order chi connectivity index (χ1) is 12.2. The van der Waals surface area contributed by atoms with Crippen LogP contribution in [0.5, 0.6) is 0 Å². The summed E-state index contributed by atoms with van der Waals surface area (Å²) in [6.45, 7) is 0.709. The second-order valence-corrected chi connectivity index (χ2v) is 6.74. The molecule has 26 heavy (non-hydrogen) atoms. The summed E-state index contributed by atoms with van der Waals surface area (Å²) in [5, 5.41) is 9.12. The standard InChI is InChI=1S/C20H21N3O2.ClH/c24-19(13-5-6-13)22-16-7-9-17(10-8-16)23-20(25)18-11-14-3-1-2-4-15(14)12-21-18;/h1-4,7-10,13,18,21H,5-6,11-12H2,(H,22,24)(H,23,25);1H. The molecule has 1 atom stereocenters. The number of rotatable bonds is 4. The van der Waals surface area contributed by atoms with E-state index in [2.05, 4.69) is 28.1 Å². The van der Waals surface area contributed by atoms with E-state index in [0.29, 0.717) is 13.0 Å². The summed E-state index contributed by atoms with van der Waals surface area (Å²) in [5.41, 5.74) is 3.97. The van der Waals surface area contributed by atoms with Gasteiger partial charge in [-0.2, -0.15) is 0 Å². The summed E-state index contributed by atoms with van der Waals surface area (Å²) in [4.78, 5) is 24.2. The summed E-state index contributed by atoms with van der Waals surface area (Å²) in [7, 11) is 0. The molecular formula is C20H22ClN3O2. The maximum absolute atomic E-state index is 12.5. The van der Waals surface area contributed by atoms with Crippen molar-refractivity contribution in [2.45, 2.75) is 31.8 Å². The number of fused-ring (bicyclic) bond motifs is 1. The first-order valence-corrected chi connectivity index (χ1v) is 8.71. The van der Waals surface area contributed by atoms with Gasteiger partial charge in [-0.15, -0.1) is 12.4 Å². The molecule has 1 heterocycles. The fourth-order valence-electron chi connectivity index (χ4n) is 3.10. The van der Waals surface area contributed by atoms with E-state index in [4.69, 9.17) is 0 Å². The minimum absolute atomic E-state index is 0. The Labute approximate surface area is 159 Å². The number of nitrogens with one attached hydrogen (secondary N) is 3. The van der Waals surface area contributed by atoms with Gasteiger partial charge < -0.3 is 16.0 Å². The zero-order valence-corrected chi connectivity index (χ0v) is 15.1. The molecule has 136 valence electrons. The number of carbonyl (C=O) groups is 2. The first-order valence-electron chi connectivity index (χ1n) is 8.71. The Morgan fingerprint density at radius 1 is 0.846 bits per heavy atom. The van der Waals surface area contributed by atoms with Crippen LogP contribution < -0.4 is 16.0 Å². The van der Waals surface area contributed by atoms with Gasteiger partial charge in [0.05, 0.1) is 6.04 Å². The van der Waals surface area contributed by atoms with Gasteiger partial charge in [0.15, 0.2) is 0 Å². The summed E-state index contributed by atoms with van der Waals surface area (Å²) in [5.74, 6) is 0.228. The van der Waals surface area contributed by atoms with Crippen LogP contribution in [0, 0.1) is 5.92 Å². The lowest BCUT2D eigenvalue weighted by atomic mass is 9.95. The topological polar surface area (TPSA) is 70.2 Å². The van der Waals surface area contributed by atoms with Gasteiger partial charge in [-0.25, -0.2) is 0 Å². The molecule has 1 saturated carbocycles. The van der Waals surface area contributed by atoms with E-state index in [1.165, 1.54) is 11.1 Å². The average molecular weight is 372 g/mol. The van der Waals surface area contributed by atoms with Crippen LogP contribution in [0.2, 0.25) is 0 Å². The molecule has 2 aliphatic rings. The van der Waals surface area contributed by atoms with Gasteiger partial charge >= 0.3 is 0 Å². The maximum Gasteiger partial charge on any atom is 0.241 e. The molecule has 2 aromatic carbocycles. The quantitative estimate of drug-likeness (QED) is 0.773. The third kappa shape index (κ3) is 4.23. The second-order valence-electron chi connectivity index (χ2n) is 6.74. The first kappa shape index (κ1) is 18.4. The average Bonchev–Trinajstić information content (AvgIpc) is 3.48. The van der Waals surface area contributed by atoms with Crippen molar-refractivity contribution in [2.24, 2.45) is 5.92 Å². The monoisotopic (exact) mass is 371 g/mol. The molecular weight excluding hydrogens is 350 g/mol. The Kier molecular flexibility index (Phi) is 5.59. The van der Waals surface area contributed by atoms with Gasteiger partial charge in [0.2, 0.25) is 11.8 Å². The van der Waals surface area contributed by atoms with Crippen molar-refractivity contribution in [1.82, 2.24) is 5.32 Å². The highest BCUT2D eigenvalue weighted by molar-refractivity contribution is 5.96. The molecule has 0 spiro atoms. The van der Waals surface area contributed by atoms with E-state index in [1.54, 1.807) is 0 Å². The largest absolute Gasteiger partial charge is 0.326 e. The van der Waals surface area contributed by atoms with E-state index >= 15 is 0 Å². The van der Waals surface area contributed by atoms with Crippen molar-refractivity contribution < 1.29 is 9.59 Å². The molecule has 0 bridgehead atoms. The van der Waals surface area contributed by atoms with Crippen molar-refractivity contribution in [1.29, 1.82) is 0 Å². The molecule has 6 heteroatoms. The lowest BCUT2D eigenvalue weighted by Gasteiger charge is -2.25. The van der Waals surface area contributed by atoms with E-state index in [-0.39, 0.29) is 36.2 Å². The number of hydrogen-bond donors (Lipinski definition) is 3. The molecule has 1 unspecified atom stereocenters. The number of carbonyl (C=O) groups excluding carboxylic acids is 2. The predicted molar refractivity (Wildman–Crippen MR) is 104 cm³/mol. The van der Waals surface area contributed by atoms with Gasteiger partial charge in [-0.1, -0.05) is 24.3 Å². The van der Waals surface area contributed by atoms with Crippen LogP contribution in [0.3, 0.4) is 0 Å². The molecule has 0 aromatic heterocycles. The van der Waals surface area contributed by atoms with E-state index in [9.17, 15) is 9.59 Å². The van der Waals surface area contributed by atoms with Crippen molar-refractivity contribution >= 4 is 35.6 Å². The Morgan fingerprint density at radius 3 is 2.04 bits per heavy atom. The number of hydrogen-bond acceptors (Lipinski definition) is 3. The number of halogens is 1. The smallest absolute Gasteiger partial charge is 0.241 e. The molecule has 3 N–H and O–H groups in total. The SMILES string of the molecule is Cl.O=C(Nc1ccc(NC(=O)C2Cc3ccccc3CN2)cc1)C1CC1. The van der Waals surface area contributed by atoms with Crippen LogP contribution in [0.15, 0.2) is 48.5 Å². The molecule has 0 radical (unpaired) electrons. The van der Waals surface area contributed by atoms with Crippen molar-refractivity contribution in [3.8, 4) is 0 Å². The van der Waals surface area contributed by atoms with Gasteiger partial charge in [-0.3, -0.25) is 9.59 Å². The normalized spacial score (nSPS) is 18.2. The van der Waals surface area contributed by atoms with Crippen LogP contribution in [-0.2, 0) is 22.6 Å². The third-order valence-corrected chi connectivity index (χ3v) is 4.77. The van der Waals surface area contributed by atoms with Crippen LogP contribution >= 0.6 is 12.4 Å². The maximum atomic E-state index is 12.5. The molecule has 1 fully saturated rings.